The number of nitrogens with two attached hydrogens (primary N) is 1. The maximum absolute atomic E-state index is 12.3. The van der Waals surface area contributed by atoms with E-state index in [2.05, 4.69) is 20.5 Å². The van der Waals surface area contributed by atoms with Gasteiger partial charge < -0.3 is 11.1 Å². The lowest BCUT2D eigenvalue weighted by Gasteiger charge is -2.26. The number of aryl methyl sites for hydroxylation is 1. The van der Waals surface area contributed by atoms with Crippen LogP contribution in [-0.2, 0) is 4.79 Å². The van der Waals surface area contributed by atoms with Gasteiger partial charge in [0, 0.05) is 17.7 Å². The zero-order chi connectivity index (χ0) is 14.8. The number of carbonyl (C=O) groups excluding carboxylic acids is 1. The van der Waals surface area contributed by atoms with Gasteiger partial charge in [-0.05, 0) is 45.1 Å². The molecule has 112 valence electrons. The summed E-state index contributed by atoms with van der Waals surface area (Å²) in [6.07, 6.45) is 5.48. The van der Waals surface area contributed by atoms with Gasteiger partial charge in [0.25, 0.3) is 5.78 Å². The molecular weight excluding hydrogens is 268 g/mol. The van der Waals surface area contributed by atoms with Crippen LogP contribution in [0, 0.1) is 18.8 Å². The zero-order valence-corrected chi connectivity index (χ0v) is 12.1. The van der Waals surface area contributed by atoms with E-state index in [9.17, 15) is 4.79 Å². The van der Waals surface area contributed by atoms with E-state index in [-0.39, 0.29) is 11.8 Å². The Labute approximate surface area is 123 Å². The number of rotatable bonds is 3. The first-order valence-electron chi connectivity index (χ1n) is 7.35. The average molecular weight is 288 g/mol. The monoisotopic (exact) mass is 288 g/mol. The van der Waals surface area contributed by atoms with Gasteiger partial charge in [-0.3, -0.25) is 9.20 Å². The molecular formula is C14H20N6O. The summed E-state index contributed by atoms with van der Waals surface area (Å²) in [6, 6.07) is 1.83. The number of amides is 1. The first-order chi connectivity index (χ1) is 10.2. The fraction of sp³-hybridized carbons (Fsp3) is 0.571. The van der Waals surface area contributed by atoms with Crippen LogP contribution in [0.5, 0.6) is 0 Å². The van der Waals surface area contributed by atoms with Gasteiger partial charge in [-0.15, -0.1) is 10.2 Å². The summed E-state index contributed by atoms with van der Waals surface area (Å²) in [5, 5.41) is 10.6. The Hall–Kier alpha value is -2.02. The SMILES string of the molecule is Cc1cc(NC(=O)C2CCC(CN)CC2)nc2nncn12. The summed E-state index contributed by atoms with van der Waals surface area (Å²) in [5.41, 5.74) is 6.62. The first kappa shape index (κ1) is 13.9. The quantitative estimate of drug-likeness (QED) is 0.882. The van der Waals surface area contributed by atoms with Gasteiger partial charge in [0.05, 0.1) is 0 Å². The second kappa shape index (κ2) is 5.77. The molecule has 1 aliphatic rings. The maximum atomic E-state index is 12.3. The topological polar surface area (TPSA) is 98.2 Å². The molecule has 0 saturated heterocycles. The van der Waals surface area contributed by atoms with Crippen LogP contribution in [0.1, 0.15) is 31.4 Å². The fourth-order valence-corrected chi connectivity index (χ4v) is 2.91. The van der Waals surface area contributed by atoms with Crippen molar-refractivity contribution in [3.05, 3.63) is 18.1 Å². The van der Waals surface area contributed by atoms with E-state index in [4.69, 9.17) is 5.73 Å². The second-order valence-corrected chi connectivity index (χ2v) is 5.73. The lowest BCUT2D eigenvalue weighted by molar-refractivity contribution is -0.121. The molecule has 0 spiro atoms. The number of aromatic nitrogens is 4. The largest absolute Gasteiger partial charge is 0.330 e. The molecule has 1 saturated carbocycles. The number of fused-ring (bicyclic) bond motifs is 1. The Bertz CT molecular complexity index is 644. The van der Waals surface area contributed by atoms with E-state index in [1.807, 2.05) is 13.0 Å². The van der Waals surface area contributed by atoms with Crippen molar-refractivity contribution in [1.82, 2.24) is 19.6 Å². The first-order valence-corrected chi connectivity index (χ1v) is 7.35. The molecule has 1 amide bonds. The molecule has 7 nitrogen and oxygen atoms in total. The molecule has 0 aromatic carbocycles. The number of nitrogens with one attached hydrogen (secondary N) is 1. The summed E-state index contributed by atoms with van der Waals surface area (Å²) in [7, 11) is 0. The van der Waals surface area contributed by atoms with Crippen molar-refractivity contribution in [3.63, 3.8) is 0 Å². The molecule has 0 bridgehead atoms. The Morgan fingerprint density at radius 1 is 1.43 bits per heavy atom. The van der Waals surface area contributed by atoms with E-state index in [0.29, 0.717) is 17.5 Å². The van der Waals surface area contributed by atoms with E-state index >= 15 is 0 Å². The van der Waals surface area contributed by atoms with Crippen LogP contribution in [0.4, 0.5) is 5.82 Å². The van der Waals surface area contributed by atoms with Gasteiger partial charge >= 0.3 is 0 Å². The lowest BCUT2D eigenvalue weighted by Crippen LogP contribution is -2.29. The third kappa shape index (κ3) is 2.87. The molecule has 1 aliphatic carbocycles. The van der Waals surface area contributed by atoms with Gasteiger partial charge in [0.15, 0.2) is 0 Å². The third-order valence-corrected chi connectivity index (χ3v) is 4.28. The smallest absolute Gasteiger partial charge is 0.256 e. The van der Waals surface area contributed by atoms with Crippen molar-refractivity contribution >= 4 is 17.5 Å². The Balaban J connectivity index is 1.69. The highest BCUT2D eigenvalue weighted by Crippen LogP contribution is 2.28. The minimum absolute atomic E-state index is 0.0428. The van der Waals surface area contributed by atoms with Crippen molar-refractivity contribution < 1.29 is 4.79 Å². The molecule has 2 aromatic rings. The van der Waals surface area contributed by atoms with E-state index in [1.54, 1.807) is 10.7 Å². The van der Waals surface area contributed by atoms with Crippen LogP contribution in [0.25, 0.3) is 5.78 Å². The number of hydrogen-bond donors (Lipinski definition) is 2. The van der Waals surface area contributed by atoms with Crippen LogP contribution < -0.4 is 11.1 Å². The molecule has 0 atom stereocenters. The lowest BCUT2D eigenvalue weighted by atomic mass is 9.81. The van der Waals surface area contributed by atoms with Gasteiger partial charge in [-0.1, -0.05) is 0 Å². The number of carbonyl (C=O) groups is 1. The molecule has 0 radical (unpaired) electrons. The molecule has 3 N–H and O–H groups in total. The van der Waals surface area contributed by atoms with E-state index in [1.165, 1.54) is 0 Å². The van der Waals surface area contributed by atoms with Crippen LogP contribution >= 0.6 is 0 Å². The van der Waals surface area contributed by atoms with Crippen LogP contribution in [0.15, 0.2) is 12.4 Å². The Morgan fingerprint density at radius 2 is 2.19 bits per heavy atom. The summed E-state index contributed by atoms with van der Waals surface area (Å²) in [6.45, 7) is 2.65. The minimum atomic E-state index is 0.0428. The normalized spacial score (nSPS) is 22.4. The van der Waals surface area contributed by atoms with Crippen molar-refractivity contribution in [1.29, 1.82) is 0 Å². The molecule has 2 aromatic heterocycles. The minimum Gasteiger partial charge on any atom is -0.330 e. The van der Waals surface area contributed by atoms with Crippen LogP contribution in [0.2, 0.25) is 0 Å². The summed E-state index contributed by atoms with van der Waals surface area (Å²) < 4.78 is 1.78. The highest BCUT2D eigenvalue weighted by Gasteiger charge is 2.26. The number of anilines is 1. The van der Waals surface area contributed by atoms with Crippen LogP contribution in [-0.4, -0.2) is 32.0 Å². The van der Waals surface area contributed by atoms with Gasteiger partial charge in [0.1, 0.15) is 12.1 Å². The van der Waals surface area contributed by atoms with Gasteiger partial charge in [-0.25, -0.2) is 0 Å². The molecule has 21 heavy (non-hydrogen) atoms. The summed E-state index contributed by atoms with van der Waals surface area (Å²) in [4.78, 5) is 16.6. The molecule has 2 heterocycles. The van der Waals surface area contributed by atoms with E-state index < -0.39 is 0 Å². The predicted molar refractivity (Wildman–Crippen MR) is 78.7 cm³/mol. The number of hydrogen-bond acceptors (Lipinski definition) is 5. The third-order valence-electron chi connectivity index (χ3n) is 4.28. The Morgan fingerprint density at radius 3 is 2.90 bits per heavy atom. The fourth-order valence-electron chi connectivity index (χ4n) is 2.91. The summed E-state index contributed by atoms with van der Waals surface area (Å²) in [5.74, 6) is 1.71. The van der Waals surface area contributed by atoms with Gasteiger partial charge in [-0.2, -0.15) is 4.98 Å². The highest BCUT2D eigenvalue weighted by molar-refractivity contribution is 5.91. The maximum Gasteiger partial charge on any atom is 0.256 e. The zero-order valence-electron chi connectivity index (χ0n) is 12.1. The average Bonchev–Trinajstić information content (AvgIpc) is 2.96. The van der Waals surface area contributed by atoms with Crippen molar-refractivity contribution in [3.8, 4) is 0 Å². The molecule has 3 rings (SSSR count). The summed E-state index contributed by atoms with van der Waals surface area (Å²) >= 11 is 0. The van der Waals surface area contributed by atoms with Gasteiger partial charge in [0.2, 0.25) is 5.91 Å². The molecule has 7 heteroatoms. The second-order valence-electron chi connectivity index (χ2n) is 5.73. The molecule has 0 unspecified atom stereocenters. The van der Waals surface area contributed by atoms with Crippen LogP contribution in [0.3, 0.4) is 0 Å². The van der Waals surface area contributed by atoms with Crippen molar-refractivity contribution in [2.45, 2.75) is 32.6 Å². The standard InChI is InChI=1S/C14H20N6O/c1-9-6-12(18-14-19-16-8-20(9)14)17-13(21)11-4-2-10(7-15)3-5-11/h6,8,10-11H,2-5,7,15H2,1H3,(H,17,18,19,21). The number of nitrogens with zero attached hydrogens (tertiary/aromatic N) is 4. The van der Waals surface area contributed by atoms with Crippen molar-refractivity contribution in [2.24, 2.45) is 17.6 Å². The molecule has 0 aliphatic heterocycles. The predicted octanol–water partition coefficient (Wildman–Crippen LogP) is 1.14. The highest BCUT2D eigenvalue weighted by atomic mass is 16.1. The van der Waals surface area contributed by atoms with E-state index in [0.717, 1.165) is 37.9 Å². The van der Waals surface area contributed by atoms with Crippen molar-refractivity contribution in [2.75, 3.05) is 11.9 Å². The molecule has 1 fully saturated rings. The Kier molecular flexibility index (Phi) is 3.83.